The van der Waals surface area contributed by atoms with Crippen molar-refractivity contribution in [2.24, 2.45) is 5.92 Å². The van der Waals surface area contributed by atoms with Crippen LogP contribution in [0.1, 0.15) is 44.7 Å². The molecule has 1 aromatic carbocycles. The molecule has 2 heterocycles. The maximum absolute atomic E-state index is 3.47. The Morgan fingerprint density at radius 1 is 0.917 bits per heavy atom. The lowest BCUT2D eigenvalue weighted by molar-refractivity contribution is 0.154. The summed E-state index contributed by atoms with van der Waals surface area (Å²) in [5, 5.41) is 3.47. The van der Waals surface area contributed by atoms with Crippen molar-refractivity contribution < 1.29 is 0 Å². The van der Waals surface area contributed by atoms with Crippen molar-refractivity contribution in [3.8, 4) is 0 Å². The number of anilines is 1. The molecule has 5 heteroatoms. The van der Waals surface area contributed by atoms with Gasteiger partial charge in [-0.3, -0.25) is 4.90 Å². The Morgan fingerprint density at radius 3 is 2.04 bits per heavy atom. The highest BCUT2D eigenvalue weighted by Gasteiger charge is 2.23. The summed E-state index contributed by atoms with van der Waals surface area (Å²) in [6.45, 7) is 11.7. The third-order valence-electron chi connectivity index (χ3n) is 5.04. The van der Waals surface area contributed by atoms with Crippen LogP contribution in [0.4, 0.5) is 5.69 Å². The van der Waals surface area contributed by atoms with E-state index in [0.29, 0.717) is 6.04 Å². The molecule has 3 nitrogen and oxygen atoms in total. The SMILES string of the molecule is CC(C)C[C@@H](c1ccc(N2CCCC2)cc1)N1CCNCC1.Cl.Cl. The van der Waals surface area contributed by atoms with Gasteiger partial charge in [0, 0.05) is 51.0 Å². The number of benzene rings is 1. The van der Waals surface area contributed by atoms with E-state index in [2.05, 4.69) is 53.2 Å². The van der Waals surface area contributed by atoms with Gasteiger partial charge in [0.1, 0.15) is 0 Å². The Balaban J connectivity index is 0.00000144. The maximum atomic E-state index is 3.47. The summed E-state index contributed by atoms with van der Waals surface area (Å²) in [5.41, 5.74) is 2.91. The monoisotopic (exact) mass is 373 g/mol. The smallest absolute Gasteiger partial charge is 0.0366 e. The predicted molar refractivity (Wildman–Crippen MR) is 109 cm³/mol. The summed E-state index contributed by atoms with van der Waals surface area (Å²) in [4.78, 5) is 5.19. The number of nitrogens with one attached hydrogen (secondary N) is 1. The summed E-state index contributed by atoms with van der Waals surface area (Å²) < 4.78 is 0. The molecule has 2 saturated heterocycles. The van der Waals surface area contributed by atoms with Crippen LogP contribution < -0.4 is 10.2 Å². The zero-order valence-corrected chi connectivity index (χ0v) is 16.7. The van der Waals surface area contributed by atoms with E-state index in [1.807, 2.05) is 0 Å². The van der Waals surface area contributed by atoms with Crippen molar-refractivity contribution >= 4 is 30.5 Å². The van der Waals surface area contributed by atoms with Gasteiger partial charge >= 0.3 is 0 Å². The molecular weight excluding hydrogens is 341 g/mol. The molecular formula is C19H33Cl2N3. The Kier molecular flexibility index (Phi) is 9.43. The molecule has 0 aliphatic carbocycles. The highest BCUT2D eigenvalue weighted by Crippen LogP contribution is 2.30. The fourth-order valence-electron chi connectivity index (χ4n) is 3.82. The van der Waals surface area contributed by atoms with E-state index in [1.165, 1.54) is 56.7 Å². The molecule has 0 amide bonds. The minimum Gasteiger partial charge on any atom is -0.372 e. The quantitative estimate of drug-likeness (QED) is 0.836. The van der Waals surface area contributed by atoms with Crippen molar-refractivity contribution in [1.29, 1.82) is 0 Å². The summed E-state index contributed by atoms with van der Waals surface area (Å²) in [7, 11) is 0. The van der Waals surface area contributed by atoms with Crippen LogP contribution in [0.25, 0.3) is 0 Å². The molecule has 0 spiro atoms. The van der Waals surface area contributed by atoms with Gasteiger partial charge in [0.05, 0.1) is 0 Å². The molecule has 0 saturated carbocycles. The molecule has 0 unspecified atom stereocenters. The second kappa shape index (κ2) is 10.5. The minimum absolute atomic E-state index is 0. The molecule has 0 radical (unpaired) electrons. The Bertz CT molecular complexity index is 452. The number of halogens is 2. The van der Waals surface area contributed by atoms with Crippen molar-refractivity contribution in [3.63, 3.8) is 0 Å². The van der Waals surface area contributed by atoms with Gasteiger partial charge in [-0.1, -0.05) is 26.0 Å². The fraction of sp³-hybridized carbons (Fsp3) is 0.684. The van der Waals surface area contributed by atoms with E-state index in [4.69, 9.17) is 0 Å². The van der Waals surface area contributed by atoms with Gasteiger partial charge in [-0.2, -0.15) is 0 Å². The molecule has 24 heavy (non-hydrogen) atoms. The Morgan fingerprint density at radius 2 is 1.50 bits per heavy atom. The lowest BCUT2D eigenvalue weighted by Gasteiger charge is -2.36. The van der Waals surface area contributed by atoms with Crippen LogP contribution in [0.3, 0.4) is 0 Å². The van der Waals surface area contributed by atoms with Crippen LogP contribution in [-0.4, -0.2) is 44.2 Å². The van der Waals surface area contributed by atoms with E-state index in [9.17, 15) is 0 Å². The van der Waals surface area contributed by atoms with Crippen molar-refractivity contribution in [3.05, 3.63) is 29.8 Å². The lowest BCUT2D eigenvalue weighted by atomic mass is 9.95. The number of hydrogen-bond acceptors (Lipinski definition) is 3. The topological polar surface area (TPSA) is 18.5 Å². The van der Waals surface area contributed by atoms with E-state index >= 15 is 0 Å². The summed E-state index contributed by atoms with van der Waals surface area (Å²) in [5.74, 6) is 0.734. The molecule has 2 aliphatic heterocycles. The third-order valence-corrected chi connectivity index (χ3v) is 5.04. The van der Waals surface area contributed by atoms with Crippen LogP contribution in [-0.2, 0) is 0 Å². The van der Waals surface area contributed by atoms with Gasteiger partial charge in [0.25, 0.3) is 0 Å². The second-order valence-corrected chi connectivity index (χ2v) is 7.22. The number of nitrogens with zero attached hydrogens (tertiary/aromatic N) is 2. The van der Waals surface area contributed by atoms with Crippen LogP contribution >= 0.6 is 24.8 Å². The predicted octanol–water partition coefficient (Wildman–Crippen LogP) is 4.12. The zero-order chi connectivity index (χ0) is 15.4. The van der Waals surface area contributed by atoms with Gasteiger partial charge in [-0.05, 0) is 42.9 Å². The first-order chi connectivity index (χ1) is 10.7. The fourth-order valence-corrected chi connectivity index (χ4v) is 3.82. The van der Waals surface area contributed by atoms with Crippen LogP contribution in [0, 0.1) is 5.92 Å². The van der Waals surface area contributed by atoms with Crippen LogP contribution in [0.2, 0.25) is 0 Å². The lowest BCUT2D eigenvalue weighted by Crippen LogP contribution is -2.45. The Labute approximate surface area is 160 Å². The highest BCUT2D eigenvalue weighted by atomic mass is 35.5. The van der Waals surface area contributed by atoms with E-state index in [1.54, 1.807) is 0 Å². The average molecular weight is 374 g/mol. The van der Waals surface area contributed by atoms with Gasteiger partial charge in [-0.15, -0.1) is 24.8 Å². The molecule has 3 rings (SSSR count). The summed E-state index contributed by atoms with van der Waals surface area (Å²) in [6.07, 6.45) is 3.94. The first-order valence-corrected chi connectivity index (χ1v) is 9.04. The summed E-state index contributed by atoms with van der Waals surface area (Å²) in [6, 6.07) is 10.0. The molecule has 2 aliphatic rings. The molecule has 1 aromatic rings. The van der Waals surface area contributed by atoms with Crippen molar-refractivity contribution in [2.45, 2.75) is 39.2 Å². The molecule has 1 N–H and O–H groups in total. The van der Waals surface area contributed by atoms with Gasteiger partial charge in [0.15, 0.2) is 0 Å². The number of rotatable bonds is 5. The van der Waals surface area contributed by atoms with Crippen molar-refractivity contribution in [2.75, 3.05) is 44.2 Å². The Hall–Kier alpha value is -0.480. The van der Waals surface area contributed by atoms with Gasteiger partial charge in [-0.25, -0.2) is 0 Å². The van der Waals surface area contributed by atoms with Crippen LogP contribution in [0.5, 0.6) is 0 Å². The number of piperazine rings is 1. The van der Waals surface area contributed by atoms with E-state index < -0.39 is 0 Å². The normalized spacial score (nSPS) is 19.7. The molecule has 1 atom stereocenters. The summed E-state index contributed by atoms with van der Waals surface area (Å²) >= 11 is 0. The van der Waals surface area contributed by atoms with Crippen molar-refractivity contribution in [1.82, 2.24) is 10.2 Å². The first-order valence-electron chi connectivity index (χ1n) is 9.04. The third kappa shape index (κ3) is 5.52. The maximum Gasteiger partial charge on any atom is 0.0366 e. The largest absolute Gasteiger partial charge is 0.372 e. The van der Waals surface area contributed by atoms with Gasteiger partial charge < -0.3 is 10.2 Å². The first kappa shape index (κ1) is 21.6. The molecule has 2 fully saturated rings. The molecule has 138 valence electrons. The molecule has 0 bridgehead atoms. The number of hydrogen-bond donors (Lipinski definition) is 1. The van der Waals surface area contributed by atoms with E-state index in [-0.39, 0.29) is 24.8 Å². The van der Waals surface area contributed by atoms with Crippen LogP contribution in [0.15, 0.2) is 24.3 Å². The molecule has 0 aromatic heterocycles. The zero-order valence-electron chi connectivity index (χ0n) is 15.0. The van der Waals surface area contributed by atoms with Gasteiger partial charge in [0.2, 0.25) is 0 Å². The minimum atomic E-state index is 0. The standard InChI is InChI=1S/C19H31N3.2ClH/c1-16(2)15-19(22-13-9-20-10-14-22)17-5-7-18(8-6-17)21-11-3-4-12-21;;/h5-8,16,19-20H,3-4,9-15H2,1-2H3;2*1H/t19-;;/m0../s1. The second-order valence-electron chi connectivity index (χ2n) is 7.22. The highest BCUT2D eigenvalue weighted by molar-refractivity contribution is 5.85. The average Bonchev–Trinajstić information content (AvgIpc) is 3.08. The van der Waals surface area contributed by atoms with E-state index in [0.717, 1.165) is 19.0 Å².